The lowest BCUT2D eigenvalue weighted by molar-refractivity contribution is -0.121. The molecule has 3 aromatic heterocycles. The minimum atomic E-state index is -0.242. The fourth-order valence-corrected chi connectivity index (χ4v) is 4.55. The zero-order chi connectivity index (χ0) is 25.6. The number of hydrogen-bond donors (Lipinski definition) is 2. The third kappa shape index (κ3) is 5.67. The zero-order valence-electron chi connectivity index (χ0n) is 20.8. The highest BCUT2D eigenvalue weighted by Gasteiger charge is 2.15. The number of nitrogens with one attached hydrogen (secondary N) is 2. The summed E-state index contributed by atoms with van der Waals surface area (Å²) in [4.78, 5) is 38.4. The van der Waals surface area contributed by atoms with Crippen LogP contribution in [0.1, 0.15) is 28.9 Å². The summed E-state index contributed by atoms with van der Waals surface area (Å²) in [6, 6.07) is 21.7. The van der Waals surface area contributed by atoms with Crippen molar-refractivity contribution >= 4 is 16.8 Å². The molecule has 0 saturated carbocycles. The van der Waals surface area contributed by atoms with E-state index in [1.54, 1.807) is 18.6 Å². The molecule has 7 nitrogen and oxygen atoms in total. The summed E-state index contributed by atoms with van der Waals surface area (Å²) in [6.45, 7) is 2.34. The molecule has 5 aromatic rings. The first kappa shape index (κ1) is 24.2. The quantitative estimate of drug-likeness (QED) is 0.316. The predicted octanol–water partition coefficient (Wildman–Crippen LogP) is 4.59. The largest absolute Gasteiger partial charge is 0.357 e. The third-order valence-electron chi connectivity index (χ3n) is 6.57. The van der Waals surface area contributed by atoms with Gasteiger partial charge >= 0.3 is 0 Å². The van der Waals surface area contributed by atoms with Gasteiger partial charge in [0.2, 0.25) is 5.91 Å². The fourth-order valence-electron chi connectivity index (χ4n) is 4.55. The maximum absolute atomic E-state index is 13.5. The molecule has 37 heavy (non-hydrogen) atoms. The molecule has 7 heteroatoms. The summed E-state index contributed by atoms with van der Waals surface area (Å²) in [5.74, 6) is -0.242. The highest BCUT2D eigenvalue weighted by atomic mass is 16.2. The summed E-state index contributed by atoms with van der Waals surface area (Å²) >= 11 is 0. The van der Waals surface area contributed by atoms with Gasteiger partial charge in [-0.2, -0.15) is 0 Å². The number of amides is 1. The molecule has 0 fully saturated rings. The van der Waals surface area contributed by atoms with Crippen LogP contribution in [0.2, 0.25) is 0 Å². The summed E-state index contributed by atoms with van der Waals surface area (Å²) in [5.41, 5.74) is 6.08. The summed E-state index contributed by atoms with van der Waals surface area (Å²) in [7, 11) is 0. The van der Waals surface area contributed by atoms with Crippen LogP contribution in [-0.4, -0.2) is 25.4 Å². The molecule has 0 aliphatic rings. The van der Waals surface area contributed by atoms with Crippen molar-refractivity contribution in [2.45, 2.75) is 39.3 Å². The van der Waals surface area contributed by atoms with Gasteiger partial charge in [0.1, 0.15) is 12.2 Å². The number of H-pyrrole nitrogens is 1. The molecule has 5 rings (SSSR count). The van der Waals surface area contributed by atoms with Crippen LogP contribution >= 0.6 is 0 Å². The number of pyridine rings is 1. The van der Waals surface area contributed by atoms with Gasteiger partial charge in [-0.25, -0.2) is 0 Å². The number of rotatable bonds is 9. The second-order valence-corrected chi connectivity index (χ2v) is 9.16. The van der Waals surface area contributed by atoms with Crippen LogP contribution in [0.25, 0.3) is 22.2 Å². The van der Waals surface area contributed by atoms with Gasteiger partial charge in [0.15, 0.2) is 0 Å². The van der Waals surface area contributed by atoms with E-state index in [1.165, 1.54) is 15.7 Å². The average Bonchev–Trinajstić information content (AvgIpc) is 3.34. The first-order valence-electron chi connectivity index (χ1n) is 12.5. The van der Waals surface area contributed by atoms with Gasteiger partial charge in [-0.15, -0.1) is 0 Å². The standard InChI is InChI=1S/C30H29N5O2/c1-21-8-5-6-9-22(21)12-7-13-27-30(37)35(28(19-32-27)23-10-3-2-4-11-23)20-29(36)33-18-25-16-24-17-31-15-14-26(24)34-25/h2-6,8-11,14-17,19,34H,7,12-13,18,20H2,1H3,(H,33,36). The van der Waals surface area contributed by atoms with Gasteiger partial charge in [0, 0.05) is 29.0 Å². The Kier molecular flexibility index (Phi) is 7.21. The summed E-state index contributed by atoms with van der Waals surface area (Å²) in [6.07, 6.45) is 7.43. The summed E-state index contributed by atoms with van der Waals surface area (Å²) < 4.78 is 1.54. The molecule has 0 saturated heterocycles. The highest BCUT2D eigenvalue weighted by Crippen LogP contribution is 2.18. The molecule has 0 spiro atoms. The Morgan fingerprint density at radius 1 is 1.00 bits per heavy atom. The number of aromatic amines is 1. The maximum atomic E-state index is 13.5. The SMILES string of the molecule is Cc1ccccc1CCCc1ncc(-c2ccccc2)n(CC(=O)NCc2cc3cnccc3[nH]2)c1=O. The zero-order valence-corrected chi connectivity index (χ0v) is 20.8. The fraction of sp³-hybridized carbons (Fsp3) is 0.200. The first-order valence-corrected chi connectivity index (χ1v) is 12.5. The van der Waals surface area contributed by atoms with Gasteiger partial charge < -0.3 is 10.3 Å². The monoisotopic (exact) mass is 491 g/mol. The van der Waals surface area contributed by atoms with Gasteiger partial charge in [0.25, 0.3) is 5.56 Å². The molecule has 2 aromatic carbocycles. The second kappa shape index (κ2) is 11.0. The molecule has 3 heterocycles. The number of aryl methyl sites for hydroxylation is 3. The van der Waals surface area contributed by atoms with Crippen LogP contribution < -0.4 is 10.9 Å². The van der Waals surface area contributed by atoms with Crippen molar-refractivity contribution in [3.8, 4) is 11.3 Å². The van der Waals surface area contributed by atoms with Gasteiger partial charge in [-0.05, 0) is 55.0 Å². The smallest absolute Gasteiger partial charge is 0.273 e. The van der Waals surface area contributed by atoms with Gasteiger partial charge in [0.05, 0.1) is 18.4 Å². The van der Waals surface area contributed by atoms with Crippen LogP contribution in [0.4, 0.5) is 0 Å². The van der Waals surface area contributed by atoms with Crippen molar-refractivity contribution < 1.29 is 4.79 Å². The Morgan fingerprint density at radius 2 is 1.81 bits per heavy atom. The maximum Gasteiger partial charge on any atom is 0.273 e. The predicted molar refractivity (Wildman–Crippen MR) is 145 cm³/mol. The number of nitrogens with zero attached hydrogens (tertiary/aromatic N) is 3. The van der Waals surface area contributed by atoms with Crippen molar-refractivity contribution in [2.24, 2.45) is 0 Å². The Hall–Kier alpha value is -4.52. The molecule has 1 amide bonds. The van der Waals surface area contributed by atoms with Crippen molar-refractivity contribution in [1.29, 1.82) is 0 Å². The van der Waals surface area contributed by atoms with Crippen LogP contribution in [0, 0.1) is 6.92 Å². The van der Waals surface area contributed by atoms with E-state index < -0.39 is 0 Å². The number of benzene rings is 2. The van der Waals surface area contributed by atoms with Crippen molar-refractivity contribution in [3.63, 3.8) is 0 Å². The molecule has 0 unspecified atom stereocenters. The molecule has 0 atom stereocenters. The highest BCUT2D eigenvalue weighted by molar-refractivity contribution is 5.80. The van der Waals surface area contributed by atoms with Crippen LogP contribution in [0.15, 0.2) is 90.1 Å². The Labute approximate surface area is 215 Å². The minimum Gasteiger partial charge on any atom is -0.357 e. The molecule has 0 radical (unpaired) electrons. The molecule has 186 valence electrons. The second-order valence-electron chi connectivity index (χ2n) is 9.16. The third-order valence-corrected chi connectivity index (χ3v) is 6.57. The Morgan fingerprint density at radius 3 is 2.62 bits per heavy atom. The van der Waals surface area contributed by atoms with E-state index in [0.29, 0.717) is 24.4 Å². The Balaban J connectivity index is 1.34. The van der Waals surface area contributed by atoms with E-state index in [-0.39, 0.29) is 18.0 Å². The van der Waals surface area contributed by atoms with Gasteiger partial charge in [-0.3, -0.25) is 24.1 Å². The average molecular weight is 492 g/mol. The number of carbonyl (C=O) groups is 1. The molecule has 0 aliphatic heterocycles. The van der Waals surface area contributed by atoms with E-state index >= 15 is 0 Å². The molecule has 0 bridgehead atoms. The van der Waals surface area contributed by atoms with E-state index in [2.05, 4.69) is 39.3 Å². The molecular weight excluding hydrogens is 462 g/mol. The lowest BCUT2D eigenvalue weighted by Gasteiger charge is -2.14. The van der Waals surface area contributed by atoms with E-state index in [9.17, 15) is 9.59 Å². The minimum absolute atomic E-state index is 0.0852. The normalized spacial score (nSPS) is 11.1. The summed E-state index contributed by atoms with van der Waals surface area (Å²) in [5, 5.41) is 3.92. The van der Waals surface area contributed by atoms with E-state index in [4.69, 9.17) is 0 Å². The van der Waals surface area contributed by atoms with Crippen molar-refractivity contribution in [2.75, 3.05) is 0 Å². The number of carbonyl (C=O) groups excluding carboxylic acids is 1. The van der Waals surface area contributed by atoms with Crippen molar-refractivity contribution in [3.05, 3.63) is 118 Å². The lowest BCUT2D eigenvalue weighted by Crippen LogP contribution is -2.34. The molecule has 2 N–H and O–H groups in total. The first-order chi connectivity index (χ1) is 18.1. The van der Waals surface area contributed by atoms with Gasteiger partial charge in [-0.1, -0.05) is 54.6 Å². The number of hydrogen-bond acceptors (Lipinski definition) is 4. The number of aromatic nitrogens is 4. The topological polar surface area (TPSA) is 92.7 Å². The van der Waals surface area contributed by atoms with E-state index in [1.807, 2.05) is 54.6 Å². The molecule has 0 aliphatic carbocycles. The van der Waals surface area contributed by atoms with Crippen LogP contribution in [-0.2, 0) is 30.7 Å². The van der Waals surface area contributed by atoms with Crippen molar-refractivity contribution in [1.82, 2.24) is 24.8 Å². The van der Waals surface area contributed by atoms with E-state index in [0.717, 1.165) is 35.0 Å². The molecular formula is C30H29N5O2. The van der Waals surface area contributed by atoms with Crippen LogP contribution in [0.5, 0.6) is 0 Å². The van der Waals surface area contributed by atoms with Crippen LogP contribution in [0.3, 0.4) is 0 Å². The lowest BCUT2D eigenvalue weighted by atomic mass is 10.0. The number of fused-ring (bicyclic) bond motifs is 1. The Bertz CT molecular complexity index is 1550.